The molecule has 0 amide bonds. The molecule has 1 aliphatic heterocycles. The van der Waals surface area contributed by atoms with Crippen LogP contribution in [0.15, 0.2) is 23.1 Å². The fourth-order valence-corrected chi connectivity index (χ4v) is 2.67. The van der Waals surface area contributed by atoms with Gasteiger partial charge in [0.15, 0.2) is 11.5 Å². The second-order valence-electron chi connectivity index (χ2n) is 4.13. The monoisotopic (exact) mass is 253 g/mol. The zero-order valence-corrected chi connectivity index (χ0v) is 11.2. The van der Waals surface area contributed by atoms with E-state index in [4.69, 9.17) is 9.47 Å². The van der Waals surface area contributed by atoms with Gasteiger partial charge in [-0.15, -0.1) is 11.8 Å². The predicted octanol–water partition coefficient (Wildman–Crippen LogP) is 2.55. The Morgan fingerprint density at radius 1 is 1.29 bits per heavy atom. The lowest BCUT2D eigenvalue weighted by Crippen LogP contribution is -2.21. The minimum Gasteiger partial charge on any atom is -0.486 e. The van der Waals surface area contributed by atoms with Crippen LogP contribution in [0.1, 0.15) is 13.3 Å². The van der Waals surface area contributed by atoms with Crippen LogP contribution < -0.4 is 14.8 Å². The van der Waals surface area contributed by atoms with Crippen LogP contribution in [0.2, 0.25) is 0 Å². The van der Waals surface area contributed by atoms with E-state index >= 15 is 0 Å². The van der Waals surface area contributed by atoms with Gasteiger partial charge in [-0.05, 0) is 44.3 Å². The maximum absolute atomic E-state index is 5.56. The fraction of sp³-hybridized carbons (Fsp3) is 0.538. The number of rotatable bonds is 5. The molecule has 1 heterocycles. The summed E-state index contributed by atoms with van der Waals surface area (Å²) in [4.78, 5) is 1.25. The average molecular weight is 253 g/mol. The third kappa shape index (κ3) is 3.54. The highest BCUT2D eigenvalue weighted by atomic mass is 32.2. The molecule has 1 unspecified atom stereocenters. The second kappa shape index (κ2) is 6.17. The summed E-state index contributed by atoms with van der Waals surface area (Å²) in [5, 5.41) is 3.24. The number of thioether (sulfide) groups is 1. The molecule has 94 valence electrons. The standard InChI is InChI=1S/C13H19NO2S/c1-10(14-2)5-8-17-11-3-4-12-13(9-11)16-7-6-15-12/h3-4,9-10,14H,5-8H2,1-2H3. The molecule has 0 aliphatic carbocycles. The van der Waals surface area contributed by atoms with Gasteiger partial charge in [-0.2, -0.15) is 0 Å². The van der Waals surface area contributed by atoms with Crippen molar-refractivity contribution in [3.63, 3.8) is 0 Å². The number of nitrogens with one attached hydrogen (secondary N) is 1. The highest BCUT2D eigenvalue weighted by Crippen LogP contribution is 2.34. The smallest absolute Gasteiger partial charge is 0.162 e. The summed E-state index contributed by atoms with van der Waals surface area (Å²) in [6.07, 6.45) is 1.16. The number of benzene rings is 1. The first kappa shape index (κ1) is 12.6. The van der Waals surface area contributed by atoms with Crippen molar-refractivity contribution in [1.82, 2.24) is 5.32 Å². The van der Waals surface area contributed by atoms with Crippen LogP contribution in [0.3, 0.4) is 0 Å². The predicted molar refractivity (Wildman–Crippen MR) is 71.3 cm³/mol. The van der Waals surface area contributed by atoms with E-state index in [1.165, 1.54) is 4.90 Å². The van der Waals surface area contributed by atoms with Gasteiger partial charge in [-0.3, -0.25) is 0 Å². The summed E-state index contributed by atoms with van der Waals surface area (Å²) in [6, 6.07) is 6.74. The van der Waals surface area contributed by atoms with Gasteiger partial charge >= 0.3 is 0 Å². The molecule has 0 bridgehead atoms. The topological polar surface area (TPSA) is 30.5 Å². The molecule has 4 heteroatoms. The lowest BCUT2D eigenvalue weighted by atomic mass is 10.3. The van der Waals surface area contributed by atoms with Gasteiger partial charge in [0.1, 0.15) is 13.2 Å². The van der Waals surface area contributed by atoms with Crippen molar-refractivity contribution in [2.24, 2.45) is 0 Å². The Morgan fingerprint density at radius 3 is 2.82 bits per heavy atom. The largest absolute Gasteiger partial charge is 0.486 e. The van der Waals surface area contributed by atoms with Crippen LogP contribution in [0.4, 0.5) is 0 Å². The molecule has 17 heavy (non-hydrogen) atoms. The Bertz CT molecular complexity index is 370. The van der Waals surface area contributed by atoms with Crippen molar-refractivity contribution in [1.29, 1.82) is 0 Å². The first-order valence-electron chi connectivity index (χ1n) is 5.99. The number of hydrogen-bond acceptors (Lipinski definition) is 4. The van der Waals surface area contributed by atoms with Gasteiger partial charge in [0.05, 0.1) is 0 Å². The SMILES string of the molecule is CNC(C)CCSc1ccc2c(c1)OCCO2. The lowest BCUT2D eigenvalue weighted by Gasteiger charge is -2.18. The highest BCUT2D eigenvalue weighted by Gasteiger charge is 2.11. The maximum atomic E-state index is 5.56. The Labute approximate surface area is 107 Å². The van der Waals surface area contributed by atoms with E-state index < -0.39 is 0 Å². The van der Waals surface area contributed by atoms with Gasteiger partial charge in [0, 0.05) is 10.9 Å². The first-order valence-corrected chi connectivity index (χ1v) is 6.98. The van der Waals surface area contributed by atoms with Gasteiger partial charge in [0.25, 0.3) is 0 Å². The summed E-state index contributed by atoms with van der Waals surface area (Å²) in [7, 11) is 2.00. The van der Waals surface area contributed by atoms with Crippen LogP contribution in [-0.2, 0) is 0 Å². The normalized spacial score (nSPS) is 15.6. The van der Waals surface area contributed by atoms with Crippen LogP contribution in [0.25, 0.3) is 0 Å². The molecule has 0 radical (unpaired) electrons. The molecular weight excluding hydrogens is 234 g/mol. The zero-order chi connectivity index (χ0) is 12.1. The van der Waals surface area contributed by atoms with E-state index in [1.54, 1.807) is 0 Å². The summed E-state index contributed by atoms with van der Waals surface area (Å²) in [6.45, 7) is 3.50. The summed E-state index contributed by atoms with van der Waals surface area (Å²) < 4.78 is 11.1. The Morgan fingerprint density at radius 2 is 2.06 bits per heavy atom. The number of fused-ring (bicyclic) bond motifs is 1. The molecule has 1 aliphatic rings. The molecule has 1 atom stereocenters. The second-order valence-corrected chi connectivity index (χ2v) is 5.30. The fourth-order valence-electron chi connectivity index (χ4n) is 1.61. The number of hydrogen-bond donors (Lipinski definition) is 1. The first-order chi connectivity index (χ1) is 8.29. The van der Waals surface area contributed by atoms with Crippen LogP contribution in [0.5, 0.6) is 11.5 Å². The van der Waals surface area contributed by atoms with Crippen LogP contribution >= 0.6 is 11.8 Å². The Balaban J connectivity index is 1.89. The molecule has 2 rings (SSSR count). The summed E-state index contributed by atoms with van der Waals surface area (Å²) in [5.74, 6) is 2.86. The molecular formula is C13H19NO2S. The van der Waals surface area contributed by atoms with Crippen molar-refractivity contribution in [2.75, 3.05) is 26.0 Å². The Hall–Kier alpha value is -0.870. The molecule has 3 nitrogen and oxygen atoms in total. The van der Waals surface area contributed by atoms with Crippen molar-refractivity contribution in [2.45, 2.75) is 24.3 Å². The molecule has 0 aromatic heterocycles. The lowest BCUT2D eigenvalue weighted by molar-refractivity contribution is 0.171. The van der Waals surface area contributed by atoms with E-state index in [0.717, 1.165) is 23.7 Å². The zero-order valence-electron chi connectivity index (χ0n) is 10.4. The Kier molecular flexibility index (Phi) is 4.57. The third-order valence-corrected chi connectivity index (χ3v) is 3.85. The molecule has 0 saturated heterocycles. The minimum atomic E-state index is 0.569. The molecule has 0 fully saturated rings. The van der Waals surface area contributed by atoms with Crippen LogP contribution in [-0.4, -0.2) is 32.1 Å². The van der Waals surface area contributed by atoms with Crippen molar-refractivity contribution in [3.05, 3.63) is 18.2 Å². The third-order valence-electron chi connectivity index (χ3n) is 2.83. The van der Waals surface area contributed by atoms with Gasteiger partial charge in [-0.1, -0.05) is 0 Å². The van der Waals surface area contributed by atoms with Gasteiger partial charge in [-0.25, -0.2) is 0 Å². The molecule has 0 saturated carbocycles. The number of ether oxygens (including phenoxy) is 2. The maximum Gasteiger partial charge on any atom is 0.162 e. The molecule has 0 spiro atoms. The summed E-state index contributed by atoms with van der Waals surface area (Å²) in [5.41, 5.74) is 0. The van der Waals surface area contributed by atoms with Crippen molar-refractivity contribution >= 4 is 11.8 Å². The average Bonchev–Trinajstić information content (AvgIpc) is 2.38. The highest BCUT2D eigenvalue weighted by molar-refractivity contribution is 7.99. The van der Waals surface area contributed by atoms with E-state index in [0.29, 0.717) is 19.3 Å². The van der Waals surface area contributed by atoms with E-state index in [1.807, 2.05) is 24.9 Å². The summed E-state index contributed by atoms with van der Waals surface area (Å²) >= 11 is 1.86. The van der Waals surface area contributed by atoms with E-state index in [-0.39, 0.29) is 0 Å². The quantitative estimate of drug-likeness (QED) is 0.817. The van der Waals surface area contributed by atoms with E-state index in [9.17, 15) is 0 Å². The van der Waals surface area contributed by atoms with Gasteiger partial charge < -0.3 is 14.8 Å². The molecule has 1 N–H and O–H groups in total. The van der Waals surface area contributed by atoms with Crippen LogP contribution in [0, 0.1) is 0 Å². The van der Waals surface area contributed by atoms with Crippen molar-refractivity contribution in [3.8, 4) is 11.5 Å². The van der Waals surface area contributed by atoms with E-state index in [2.05, 4.69) is 24.4 Å². The molecule has 1 aromatic carbocycles. The van der Waals surface area contributed by atoms with Crippen molar-refractivity contribution < 1.29 is 9.47 Å². The minimum absolute atomic E-state index is 0.569. The van der Waals surface area contributed by atoms with Gasteiger partial charge in [0.2, 0.25) is 0 Å². The molecule has 1 aromatic rings.